The van der Waals surface area contributed by atoms with Gasteiger partial charge in [0.05, 0.1) is 10.2 Å². The van der Waals surface area contributed by atoms with Gasteiger partial charge in [-0.2, -0.15) is 0 Å². The largest absolute Gasteiger partial charge is 0.383 e. The van der Waals surface area contributed by atoms with Gasteiger partial charge in [-0.25, -0.2) is 19.9 Å². The van der Waals surface area contributed by atoms with Gasteiger partial charge in [-0.3, -0.25) is 0 Å². The van der Waals surface area contributed by atoms with Gasteiger partial charge >= 0.3 is 0 Å². The summed E-state index contributed by atoms with van der Waals surface area (Å²) in [7, 11) is 1.83. The zero-order chi connectivity index (χ0) is 16.5. The molecule has 0 aromatic carbocycles. The highest BCUT2D eigenvalue weighted by Gasteiger charge is 2.23. The van der Waals surface area contributed by atoms with Gasteiger partial charge in [0.25, 0.3) is 0 Å². The highest BCUT2D eigenvalue weighted by molar-refractivity contribution is 7.17. The van der Waals surface area contributed by atoms with Crippen LogP contribution in [0.2, 0.25) is 5.15 Å². The first-order chi connectivity index (χ1) is 11.8. The van der Waals surface area contributed by atoms with Gasteiger partial charge in [0.15, 0.2) is 11.0 Å². The van der Waals surface area contributed by atoms with Crippen LogP contribution in [0.5, 0.6) is 0 Å². The van der Waals surface area contributed by atoms with Crippen molar-refractivity contribution in [2.75, 3.05) is 48.3 Å². The monoisotopic (exact) mass is 361 g/mol. The number of hydrogen-bond donors (Lipinski definition) is 1. The van der Waals surface area contributed by atoms with Gasteiger partial charge in [0, 0.05) is 33.2 Å². The zero-order valence-electron chi connectivity index (χ0n) is 13.1. The highest BCUT2D eigenvalue weighted by Crippen LogP contribution is 2.31. The Bertz CT molecular complexity index is 860. The third kappa shape index (κ3) is 2.61. The number of nitrogens with one attached hydrogen (secondary N) is 1. The number of piperazine rings is 1. The highest BCUT2D eigenvalue weighted by atomic mass is 35.5. The Hall–Kier alpha value is -2.19. The van der Waals surface area contributed by atoms with Crippen molar-refractivity contribution in [1.82, 2.24) is 19.9 Å². The summed E-state index contributed by atoms with van der Waals surface area (Å²) in [5.74, 6) is 1.87. The number of rotatable bonds is 3. The van der Waals surface area contributed by atoms with Crippen molar-refractivity contribution in [3.05, 3.63) is 29.3 Å². The normalized spacial score (nSPS) is 15.1. The second kappa shape index (κ2) is 6.37. The molecule has 4 heterocycles. The van der Waals surface area contributed by atoms with Gasteiger partial charge in [-0.1, -0.05) is 11.6 Å². The van der Waals surface area contributed by atoms with Gasteiger partial charge in [-0.05, 0) is 11.4 Å². The van der Waals surface area contributed by atoms with E-state index in [9.17, 15) is 0 Å². The summed E-state index contributed by atoms with van der Waals surface area (Å²) in [6.45, 7) is 3.43. The molecule has 3 aromatic rings. The maximum Gasteiger partial charge on any atom is 0.157 e. The first-order valence-electron chi connectivity index (χ1n) is 7.64. The molecule has 3 aromatic heterocycles. The summed E-state index contributed by atoms with van der Waals surface area (Å²) in [6.07, 6.45) is 3.14. The topological polar surface area (TPSA) is 70.1 Å². The van der Waals surface area contributed by atoms with Gasteiger partial charge in [0.2, 0.25) is 0 Å². The third-order valence-corrected chi connectivity index (χ3v) is 5.32. The molecular weight excluding hydrogens is 346 g/mol. The smallest absolute Gasteiger partial charge is 0.157 e. The van der Waals surface area contributed by atoms with E-state index in [1.54, 1.807) is 17.7 Å². The molecule has 24 heavy (non-hydrogen) atoms. The minimum absolute atomic E-state index is 0.445. The van der Waals surface area contributed by atoms with E-state index in [0.29, 0.717) is 5.15 Å². The molecule has 0 bridgehead atoms. The van der Waals surface area contributed by atoms with Crippen LogP contribution in [-0.2, 0) is 0 Å². The van der Waals surface area contributed by atoms with Crippen LogP contribution >= 0.6 is 22.9 Å². The first-order valence-corrected chi connectivity index (χ1v) is 8.90. The second-order valence-electron chi connectivity index (χ2n) is 5.42. The van der Waals surface area contributed by atoms with Crippen molar-refractivity contribution in [1.29, 1.82) is 0 Å². The number of anilines is 3. The van der Waals surface area contributed by atoms with Crippen LogP contribution < -0.4 is 15.1 Å². The van der Waals surface area contributed by atoms with E-state index in [-0.39, 0.29) is 0 Å². The Labute approximate surface area is 148 Å². The Morgan fingerprint density at radius 3 is 2.42 bits per heavy atom. The predicted molar refractivity (Wildman–Crippen MR) is 98.4 cm³/mol. The van der Waals surface area contributed by atoms with E-state index in [4.69, 9.17) is 11.6 Å². The molecule has 4 rings (SSSR count). The molecule has 9 heteroatoms. The average molecular weight is 362 g/mol. The number of thiophene rings is 1. The van der Waals surface area contributed by atoms with E-state index in [0.717, 1.165) is 53.7 Å². The maximum atomic E-state index is 6.16. The molecule has 0 atom stereocenters. The lowest BCUT2D eigenvalue weighted by Gasteiger charge is -2.36. The molecule has 0 amide bonds. The van der Waals surface area contributed by atoms with Crippen molar-refractivity contribution in [2.45, 2.75) is 0 Å². The molecule has 124 valence electrons. The first kappa shape index (κ1) is 15.3. The molecule has 0 saturated carbocycles. The van der Waals surface area contributed by atoms with Crippen LogP contribution in [0, 0.1) is 0 Å². The van der Waals surface area contributed by atoms with E-state index >= 15 is 0 Å². The van der Waals surface area contributed by atoms with E-state index in [1.165, 1.54) is 6.33 Å². The van der Waals surface area contributed by atoms with Gasteiger partial charge < -0.3 is 15.1 Å². The molecule has 0 aliphatic carbocycles. The zero-order valence-corrected chi connectivity index (χ0v) is 14.7. The number of fused-ring (bicyclic) bond motifs is 1. The van der Waals surface area contributed by atoms with Gasteiger partial charge in [0.1, 0.15) is 24.2 Å². The molecule has 0 radical (unpaired) electrons. The number of nitrogens with zero attached hydrogens (tertiary/aromatic N) is 6. The van der Waals surface area contributed by atoms with Crippen LogP contribution in [-0.4, -0.2) is 53.2 Å². The molecule has 1 fully saturated rings. The SMILES string of the molecule is CNc1c(Cl)ncnc1N1CCN(c2ncnc3ccsc23)CC1. The van der Waals surface area contributed by atoms with Crippen LogP contribution in [0.4, 0.5) is 17.3 Å². The summed E-state index contributed by atoms with van der Waals surface area (Å²) >= 11 is 7.84. The minimum Gasteiger partial charge on any atom is -0.383 e. The molecule has 0 spiro atoms. The number of aromatic nitrogens is 4. The molecular formula is C15H16ClN7S. The Kier molecular flexibility index (Phi) is 4.07. The molecule has 1 aliphatic heterocycles. The summed E-state index contributed by atoms with van der Waals surface area (Å²) in [6, 6.07) is 2.03. The second-order valence-corrected chi connectivity index (χ2v) is 6.69. The Morgan fingerprint density at radius 1 is 1.00 bits per heavy atom. The van der Waals surface area contributed by atoms with E-state index < -0.39 is 0 Å². The summed E-state index contributed by atoms with van der Waals surface area (Å²) in [4.78, 5) is 21.8. The van der Waals surface area contributed by atoms with Crippen LogP contribution in [0.3, 0.4) is 0 Å². The molecule has 7 nitrogen and oxygen atoms in total. The number of halogens is 1. The quantitative estimate of drug-likeness (QED) is 0.718. The fraction of sp³-hybridized carbons (Fsp3) is 0.333. The van der Waals surface area contributed by atoms with Crippen molar-refractivity contribution >= 4 is 50.5 Å². The Balaban J connectivity index is 1.55. The fourth-order valence-corrected chi connectivity index (χ4v) is 4.03. The average Bonchev–Trinajstić information content (AvgIpc) is 3.10. The standard InChI is InChI=1S/C15H16ClN7S/c1-17-11-13(16)19-9-20-14(11)22-3-5-23(6-4-22)15-12-10(2-7-24-12)18-8-21-15/h2,7-9,17H,3-6H2,1H3. The molecule has 1 aliphatic rings. The third-order valence-electron chi connectivity index (χ3n) is 4.13. The van der Waals surface area contributed by atoms with Crippen molar-refractivity contribution < 1.29 is 0 Å². The minimum atomic E-state index is 0.445. The van der Waals surface area contributed by atoms with Crippen molar-refractivity contribution in [3.8, 4) is 0 Å². The molecule has 1 N–H and O–H groups in total. The molecule has 0 unspecified atom stereocenters. The van der Waals surface area contributed by atoms with Crippen LogP contribution in [0.25, 0.3) is 10.2 Å². The van der Waals surface area contributed by atoms with Gasteiger partial charge in [-0.15, -0.1) is 11.3 Å². The van der Waals surface area contributed by atoms with Crippen LogP contribution in [0.1, 0.15) is 0 Å². The molecule has 1 saturated heterocycles. The Morgan fingerprint density at radius 2 is 1.67 bits per heavy atom. The van der Waals surface area contributed by atoms with Crippen LogP contribution in [0.15, 0.2) is 24.1 Å². The van der Waals surface area contributed by atoms with Crippen molar-refractivity contribution in [2.24, 2.45) is 0 Å². The van der Waals surface area contributed by atoms with E-state index in [2.05, 4.69) is 40.4 Å². The van der Waals surface area contributed by atoms with E-state index in [1.807, 2.05) is 13.1 Å². The number of hydrogen-bond acceptors (Lipinski definition) is 8. The lowest BCUT2D eigenvalue weighted by atomic mass is 10.3. The summed E-state index contributed by atoms with van der Waals surface area (Å²) in [5.41, 5.74) is 1.78. The van der Waals surface area contributed by atoms with Crippen molar-refractivity contribution in [3.63, 3.8) is 0 Å². The maximum absolute atomic E-state index is 6.16. The fourth-order valence-electron chi connectivity index (χ4n) is 2.94. The predicted octanol–water partition coefficient (Wildman–Crippen LogP) is 2.50. The lowest BCUT2D eigenvalue weighted by Crippen LogP contribution is -2.47. The summed E-state index contributed by atoms with van der Waals surface area (Å²) in [5, 5.41) is 5.60. The summed E-state index contributed by atoms with van der Waals surface area (Å²) < 4.78 is 1.15. The lowest BCUT2D eigenvalue weighted by molar-refractivity contribution is 0.643.